The molecule has 1 aromatic heterocycles. The molecule has 1 saturated heterocycles. The summed E-state index contributed by atoms with van der Waals surface area (Å²) in [6.45, 7) is 2.81. The molecule has 0 radical (unpaired) electrons. The first-order valence-electron chi connectivity index (χ1n) is 7.27. The van der Waals surface area contributed by atoms with Crippen molar-refractivity contribution in [3.63, 3.8) is 0 Å². The van der Waals surface area contributed by atoms with E-state index in [4.69, 9.17) is 4.74 Å². The van der Waals surface area contributed by atoms with Crippen molar-refractivity contribution in [2.24, 2.45) is 0 Å². The first-order valence-corrected chi connectivity index (χ1v) is 7.27. The minimum absolute atomic E-state index is 0.426. The number of hydrogen-bond acceptors (Lipinski definition) is 3. The number of rotatable bonds is 5. The second-order valence-electron chi connectivity index (χ2n) is 5.53. The summed E-state index contributed by atoms with van der Waals surface area (Å²) in [4.78, 5) is 0. The van der Waals surface area contributed by atoms with Crippen molar-refractivity contribution in [3.05, 3.63) is 18.0 Å². The van der Waals surface area contributed by atoms with Gasteiger partial charge in [0.2, 0.25) is 0 Å². The van der Waals surface area contributed by atoms with Gasteiger partial charge in [-0.2, -0.15) is 5.10 Å². The Bertz CT molecular complexity index is 365. The highest BCUT2D eigenvalue weighted by atomic mass is 16.5. The highest BCUT2D eigenvalue weighted by molar-refractivity contribution is 5.04. The Morgan fingerprint density at radius 1 is 1.28 bits per heavy atom. The molecule has 2 heterocycles. The lowest BCUT2D eigenvalue weighted by Gasteiger charge is -2.10. The fraction of sp³-hybridized carbons (Fsp3) is 0.786. The smallest absolute Gasteiger partial charge is 0.0700 e. The maximum atomic E-state index is 5.59. The van der Waals surface area contributed by atoms with Crippen LogP contribution >= 0.6 is 0 Å². The van der Waals surface area contributed by atoms with Crippen molar-refractivity contribution in [1.82, 2.24) is 15.1 Å². The topological polar surface area (TPSA) is 39.1 Å². The highest BCUT2D eigenvalue weighted by Crippen LogP contribution is 2.28. The number of ether oxygens (including phenoxy) is 1. The molecule has 4 heteroatoms. The lowest BCUT2D eigenvalue weighted by molar-refractivity contribution is 0.110. The summed E-state index contributed by atoms with van der Waals surface area (Å²) in [6, 6.07) is 0.650. The van der Waals surface area contributed by atoms with Gasteiger partial charge in [0.25, 0.3) is 0 Å². The molecule has 1 saturated carbocycles. The Morgan fingerprint density at radius 2 is 2.17 bits per heavy atom. The predicted molar refractivity (Wildman–Crippen MR) is 70.4 cm³/mol. The second kappa shape index (κ2) is 5.85. The predicted octanol–water partition coefficient (Wildman–Crippen LogP) is 2.27. The van der Waals surface area contributed by atoms with E-state index in [1.165, 1.54) is 44.1 Å². The third kappa shape index (κ3) is 2.93. The molecule has 2 aliphatic rings. The maximum absolute atomic E-state index is 5.59. The van der Waals surface area contributed by atoms with E-state index >= 15 is 0 Å². The summed E-state index contributed by atoms with van der Waals surface area (Å²) in [5.41, 5.74) is 1.29. The lowest BCUT2D eigenvalue weighted by Crippen LogP contribution is -2.25. The number of nitrogens with zero attached hydrogens (tertiary/aromatic N) is 2. The van der Waals surface area contributed by atoms with Crippen LogP contribution in [0.1, 0.15) is 50.1 Å². The molecule has 2 fully saturated rings. The quantitative estimate of drug-likeness (QED) is 0.870. The molecular formula is C14H23N3O. The van der Waals surface area contributed by atoms with Crippen molar-refractivity contribution < 1.29 is 4.74 Å². The molecule has 4 nitrogen and oxygen atoms in total. The molecule has 0 aromatic carbocycles. The zero-order chi connectivity index (χ0) is 12.2. The second-order valence-corrected chi connectivity index (χ2v) is 5.53. The number of hydrogen-bond donors (Lipinski definition) is 1. The van der Waals surface area contributed by atoms with Crippen LogP contribution in [-0.4, -0.2) is 29.0 Å². The fourth-order valence-corrected chi connectivity index (χ4v) is 3.02. The van der Waals surface area contributed by atoms with E-state index in [1.54, 1.807) is 0 Å². The third-order valence-corrected chi connectivity index (χ3v) is 4.08. The van der Waals surface area contributed by atoms with Gasteiger partial charge in [-0.3, -0.25) is 4.68 Å². The molecule has 18 heavy (non-hydrogen) atoms. The minimum Gasteiger partial charge on any atom is -0.377 e. The molecule has 1 atom stereocenters. The summed E-state index contributed by atoms with van der Waals surface area (Å²) in [5.74, 6) is 0. The Kier molecular flexibility index (Phi) is 3.96. The van der Waals surface area contributed by atoms with Crippen LogP contribution in [0, 0.1) is 0 Å². The molecule has 1 aliphatic carbocycles. The molecule has 3 rings (SSSR count). The molecule has 1 aromatic rings. The Labute approximate surface area is 109 Å². The maximum Gasteiger partial charge on any atom is 0.0700 e. The van der Waals surface area contributed by atoms with E-state index < -0.39 is 0 Å². The normalized spacial score (nSPS) is 25.0. The highest BCUT2D eigenvalue weighted by Gasteiger charge is 2.18. The minimum atomic E-state index is 0.426. The third-order valence-electron chi connectivity index (χ3n) is 4.08. The van der Waals surface area contributed by atoms with Crippen molar-refractivity contribution in [1.29, 1.82) is 0 Å². The van der Waals surface area contributed by atoms with Gasteiger partial charge in [0.05, 0.1) is 18.3 Å². The monoisotopic (exact) mass is 249 g/mol. The van der Waals surface area contributed by atoms with Crippen LogP contribution < -0.4 is 5.32 Å². The van der Waals surface area contributed by atoms with Crippen LogP contribution in [0.5, 0.6) is 0 Å². The molecular weight excluding hydrogens is 226 g/mol. The molecule has 0 bridgehead atoms. The average molecular weight is 249 g/mol. The van der Waals surface area contributed by atoms with E-state index in [1.807, 2.05) is 6.20 Å². The van der Waals surface area contributed by atoms with E-state index in [-0.39, 0.29) is 0 Å². The zero-order valence-corrected chi connectivity index (χ0v) is 11.0. The van der Waals surface area contributed by atoms with Gasteiger partial charge in [0.1, 0.15) is 0 Å². The number of aromatic nitrogens is 2. The van der Waals surface area contributed by atoms with Gasteiger partial charge >= 0.3 is 0 Å². The van der Waals surface area contributed by atoms with Gasteiger partial charge in [-0.15, -0.1) is 0 Å². The largest absolute Gasteiger partial charge is 0.377 e. The van der Waals surface area contributed by atoms with Crippen molar-refractivity contribution in [3.8, 4) is 0 Å². The fourth-order valence-electron chi connectivity index (χ4n) is 3.02. The van der Waals surface area contributed by atoms with Crippen LogP contribution in [0.4, 0.5) is 0 Å². The SMILES string of the molecule is c1nn(C2CCCC2)cc1CNC[C@@H]1CCCO1. The van der Waals surface area contributed by atoms with Gasteiger partial charge in [-0.25, -0.2) is 0 Å². The molecule has 0 spiro atoms. The van der Waals surface area contributed by atoms with Crippen molar-refractivity contribution in [2.75, 3.05) is 13.2 Å². The van der Waals surface area contributed by atoms with Crippen LogP contribution in [0.25, 0.3) is 0 Å². The molecule has 0 unspecified atom stereocenters. The summed E-state index contributed by atoms with van der Waals surface area (Å²) >= 11 is 0. The average Bonchev–Trinajstić information content (AvgIpc) is 3.12. The molecule has 1 aliphatic heterocycles. The van der Waals surface area contributed by atoms with E-state index in [0.717, 1.165) is 19.7 Å². The van der Waals surface area contributed by atoms with Gasteiger partial charge in [-0.1, -0.05) is 12.8 Å². The van der Waals surface area contributed by atoms with Gasteiger partial charge in [0, 0.05) is 31.5 Å². The first kappa shape index (κ1) is 12.2. The summed E-state index contributed by atoms with van der Waals surface area (Å²) < 4.78 is 7.76. The van der Waals surface area contributed by atoms with Crippen LogP contribution in [-0.2, 0) is 11.3 Å². The summed E-state index contributed by atoms with van der Waals surface area (Å²) in [6.07, 6.45) is 12.4. The van der Waals surface area contributed by atoms with E-state index in [9.17, 15) is 0 Å². The van der Waals surface area contributed by atoms with E-state index in [2.05, 4.69) is 21.3 Å². The van der Waals surface area contributed by atoms with Crippen LogP contribution in [0.2, 0.25) is 0 Å². The lowest BCUT2D eigenvalue weighted by atomic mass is 10.2. The van der Waals surface area contributed by atoms with Gasteiger partial charge in [-0.05, 0) is 25.7 Å². The van der Waals surface area contributed by atoms with Gasteiger partial charge < -0.3 is 10.1 Å². The zero-order valence-electron chi connectivity index (χ0n) is 11.0. The molecule has 0 amide bonds. The van der Waals surface area contributed by atoms with Gasteiger partial charge in [0.15, 0.2) is 0 Å². The summed E-state index contributed by atoms with van der Waals surface area (Å²) in [5, 5.41) is 7.96. The molecule has 100 valence electrons. The standard InChI is InChI=1S/C14H23N3O/c1-2-5-13(4-1)17-11-12(9-16-17)8-15-10-14-6-3-7-18-14/h9,11,13-15H,1-8,10H2/t14-/m0/s1. The summed E-state index contributed by atoms with van der Waals surface area (Å²) in [7, 11) is 0. The number of nitrogens with one attached hydrogen (secondary N) is 1. The molecule has 1 N–H and O–H groups in total. The van der Waals surface area contributed by atoms with E-state index in [0.29, 0.717) is 12.1 Å². The Balaban J connectivity index is 1.44. The Hall–Kier alpha value is -0.870. The van der Waals surface area contributed by atoms with Crippen molar-refractivity contribution >= 4 is 0 Å². The Morgan fingerprint density at radius 3 is 2.94 bits per heavy atom. The van der Waals surface area contributed by atoms with Crippen LogP contribution in [0.3, 0.4) is 0 Å². The first-order chi connectivity index (χ1) is 8.92. The van der Waals surface area contributed by atoms with Crippen molar-refractivity contribution in [2.45, 2.75) is 57.2 Å². The van der Waals surface area contributed by atoms with Crippen LogP contribution in [0.15, 0.2) is 12.4 Å².